The first-order valence-electron chi connectivity index (χ1n) is 5.56. The van der Waals surface area contributed by atoms with Gasteiger partial charge in [0.05, 0.1) is 16.0 Å². The molecule has 0 aromatic carbocycles. The summed E-state index contributed by atoms with van der Waals surface area (Å²) in [6.07, 6.45) is 2.43. The molecule has 0 spiro atoms. The van der Waals surface area contributed by atoms with Crippen LogP contribution in [-0.2, 0) is 9.84 Å². The van der Waals surface area contributed by atoms with Crippen LogP contribution in [0.15, 0.2) is 16.7 Å². The fraction of sp³-hybridized carbons (Fsp3) is 0.545. The first-order chi connectivity index (χ1) is 7.99. The molecule has 2 rings (SSSR count). The summed E-state index contributed by atoms with van der Waals surface area (Å²) in [5.74, 6) is 1.35. The summed E-state index contributed by atoms with van der Waals surface area (Å²) in [6.45, 7) is 3.27. The Morgan fingerprint density at radius 1 is 1.35 bits per heavy atom. The first-order valence-corrected chi connectivity index (χ1v) is 8.17. The van der Waals surface area contributed by atoms with Gasteiger partial charge in [-0.15, -0.1) is 0 Å². The van der Waals surface area contributed by atoms with Crippen LogP contribution in [0.25, 0.3) is 0 Å². The zero-order valence-electron chi connectivity index (χ0n) is 9.69. The number of hydrogen-bond donors (Lipinski definition) is 0. The van der Waals surface area contributed by atoms with E-state index in [2.05, 4.69) is 20.9 Å². The summed E-state index contributed by atoms with van der Waals surface area (Å²) in [5, 5.41) is 0. The molecule has 94 valence electrons. The van der Waals surface area contributed by atoms with Crippen molar-refractivity contribution in [2.75, 3.05) is 29.5 Å². The fourth-order valence-electron chi connectivity index (χ4n) is 1.90. The molecule has 0 amide bonds. The van der Waals surface area contributed by atoms with E-state index in [1.54, 1.807) is 6.20 Å². The molecule has 1 fully saturated rings. The summed E-state index contributed by atoms with van der Waals surface area (Å²) in [6, 6.07) is 1.93. The minimum atomic E-state index is -2.87. The van der Waals surface area contributed by atoms with Crippen molar-refractivity contribution in [1.82, 2.24) is 4.98 Å². The van der Waals surface area contributed by atoms with Gasteiger partial charge in [-0.25, -0.2) is 13.4 Å². The molecule has 1 aromatic rings. The molecule has 2 heterocycles. The van der Waals surface area contributed by atoms with Crippen LogP contribution in [0.5, 0.6) is 0 Å². The molecule has 0 radical (unpaired) electrons. The molecule has 1 aliphatic rings. The van der Waals surface area contributed by atoms with E-state index in [0.717, 1.165) is 22.4 Å². The maximum absolute atomic E-state index is 11.5. The molecule has 17 heavy (non-hydrogen) atoms. The largest absolute Gasteiger partial charge is 0.355 e. The van der Waals surface area contributed by atoms with Crippen molar-refractivity contribution in [2.24, 2.45) is 0 Å². The Labute approximate surface area is 110 Å². The molecule has 0 aliphatic carbocycles. The molecular weight excluding hydrogens is 304 g/mol. The van der Waals surface area contributed by atoms with Gasteiger partial charge < -0.3 is 4.90 Å². The second-order valence-corrected chi connectivity index (χ2v) is 7.35. The van der Waals surface area contributed by atoms with E-state index < -0.39 is 9.84 Å². The standard InChI is InChI=1S/C11H15BrN2O2S/c1-9-3-4-13-11(10(9)12)14-5-2-7-17(15,16)8-6-14/h3-4H,2,5-8H2,1H3. The van der Waals surface area contributed by atoms with Gasteiger partial charge in [0.1, 0.15) is 5.82 Å². The number of rotatable bonds is 1. The van der Waals surface area contributed by atoms with Crippen LogP contribution in [-0.4, -0.2) is 38.0 Å². The van der Waals surface area contributed by atoms with E-state index in [0.29, 0.717) is 13.0 Å². The van der Waals surface area contributed by atoms with Crippen molar-refractivity contribution in [1.29, 1.82) is 0 Å². The number of halogens is 1. The molecule has 0 bridgehead atoms. The zero-order chi connectivity index (χ0) is 12.5. The second-order valence-electron chi connectivity index (χ2n) is 4.26. The van der Waals surface area contributed by atoms with Gasteiger partial charge in [0.25, 0.3) is 0 Å². The monoisotopic (exact) mass is 318 g/mol. The quantitative estimate of drug-likeness (QED) is 0.792. The number of anilines is 1. The molecule has 4 nitrogen and oxygen atoms in total. The number of aryl methyl sites for hydroxylation is 1. The predicted octanol–water partition coefficient (Wildman–Crippen LogP) is 1.78. The molecule has 1 aromatic heterocycles. The topological polar surface area (TPSA) is 50.3 Å². The third-order valence-corrected chi connectivity index (χ3v) is 5.61. The number of aromatic nitrogens is 1. The second kappa shape index (κ2) is 4.94. The molecule has 0 saturated carbocycles. The third-order valence-electron chi connectivity index (χ3n) is 2.92. The van der Waals surface area contributed by atoms with Crippen LogP contribution in [0.1, 0.15) is 12.0 Å². The Morgan fingerprint density at radius 2 is 2.12 bits per heavy atom. The van der Waals surface area contributed by atoms with E-state index in [9.17, 15) is 8.42 Å². The average molecular weight is 319 g/mol. The maximum Gasteiger partial charge on any atom is 0.152 e. The lowest BCUT2D eigenvalue weighted by Crippen LogP contribution is -2.28. The Kier molecular flexibility index (Phi) is 3.73. The molecule has 6 heteroatoms. The van der Waals surface area contributed by atoms with E-state index in [4.69, 9.17) is 0 Å². The Balaban J connectivity index is 2.26. The van der Waals surface area contributed by atoms with Crippen LogP contribution < -0.4 is 4.90 Å². The minimum Gasteiger partial charge on any atom is -0.355 e. The summed E-state index contributed by atoms with van der Waals surface area (Å²) < 4.78 is 24.0. The molecule has 1 aliphatic heterocycles. The zero-order valence-corrected chi connectivity index (χ0v) is 12.1. The van der Waals surface area contributed by atoms with Gasteiger partial charge in [-0.3, -0.25) is 0 Å². The van der Waals surface area contributed by atoms with E-state index in [-0.39, 0.29) is 11.5 Å². The van der Waals surface area contributed by atoms with Gasteiger partial charge in [0.2, 0.25) is 0 Å². The van der Waals surface area contributed by atoms with Gasteiger partial charge in [0, 0.05) is 19.3 Å². The van der Waals surface area contributed by atoms with Crippen LogP contribution in [0.2, 0.25) is 0 Å². The van der Waals surface area contributed by atoms with Crippen molar-refractivity contribution in [3.63, 3.8) is 0 Å². The maximum atomic E-state index is 11.5. The smallest absolute Gasteiger partial charge is 0.152 e. The summed E-state index contributed by atoms with van der Waals surface area (Å²) in [4.78, 5) is 6.38. The lowest BCUT2D eigenvalue weighted by Gasteiger charge is -2.22. The summed E-state index contributed by atoms with van der Waals surface area (Å²) in [7, 11) is -2.87. The number of sulfone groups is 1. The SMILES string of the molecule is Cc1ccnc(N2CCCS(=O)(=O)CC2)c1Br. The summed E-state index contributed by atoms with van der Waals surface area (Å²) in [5.41, 5.74) is 1.11. The van der Waals surface area contributed by atoms with Crippen molar-refractivity contribution in [3.8, 4) is 0 Å². The number of pyridine rings is 1. The first kappa shape index (κ1) is 12.8. The van der Waals surface area contributed by atoms with Gasteiger partial charge in [-0.2, -0.15) is 0 Å². The molecular formula is C11H15BrN2O2S. The van der Waals surface area contributed by atoms with Gasteiger partial charge in [-0.05, 0) is 40.9 Å². The molecule has 0 unspecified atom stereocenters. The van der Waals surface area contributed by atoms with Gasteiger partial charge in [0.15, 0.2) is 9.84 Å². The number of nitrogens with zero attached hydrogens (tertiary/aromatic N) is 2. The highest BCUT2D eigenvalue weighted by Gasteiger charge is 2.21. The van der Waals surface area contributed by atoms with Crippen molar-refractivity contribution in [3.05, 3.63) is 22.3 Å². The van der Waals surface area contributed by atoms with Crippen LogP contribution >= 0.6 is 15.9 Å². The lowest BCUT2D eigenvalue weighted by atomic mass is 10.3. The van der Waals surface area contributed by atoms with E-state index in [1.165, 1.54) is 0 Å². The van der Waals surface area contributed by atoms with Crippen molar-refractivity contribution >= 4 is 31.6 Å². The predicted molar refractivity (Wildman–Crippen MR) is 72.2 cm³/mol. The molecule has 0 atom stereocenters. The highest BCUT2D eigenvalue weighted by atomic mass is 79.9. The molecule has 1 saturated heterocycles. The van der Waals surface area contributed by atoms with Crippen molar-refractivity contribution < 1.29 is 8.42 Å². The van der Waals surface area contributed by atoms with E-state index >= 15 is 0 Å². The highest BCUT2D eigenvalue weighted by molar-refractivity contribution is 9.10. The van der Waals surface area contributed by atoms with Crippen molar-refractivity contribution in [2.45, 2.75) is 13.3 Å². The van der Waals surface area contributed by atoms with Gasteiger partial charge in [-0.1, -0.05) is 0 Å². The molecule has 0 N–H and O–H groups in total. The minimum absolute atomic E-state index is 0.217. The van der Waals surface area contributed by atoms with Crippen LogP contribution in [0.4, 0.5) is 5.82 Å². The number of hydrogen-bond acceptors (Lipinski definition) is 4. The summed E-state index contributed by atoms with van der Waals surface area (Å²) >= 11 is 3.52. The Bertz CT molecular complexity index is 516. The average Bonchev–Trinajstić information content (AvgIpc) is 2.44. The Morgan fingerprint density at radius 3 is 2.88 bits per heavy atom. The highest BCUT2D eigenvalue weighted by Crippen LogP contribution is 2.27. The lowest BCUT2D eigenvalue weighted by molar-refractivity contribution is 0.597. The van der Waals surface area contributed by atoms with E-state index in [1.807, 2.05) is 17.9 Å². The van der Waals surface area contributed by atoms with Gasteiger partial charge >= 0.3 is 0 Å². The van der Waals surface area contributed by atoms with Crippen LogP contribution in [0, 0.1) is 6.92 Å². The Hall–Kier alpha value is -0.620. The normalized spacial score (nSPS) is 20.0. The van der Waals surface area contributed by atoms with Crippen LogP contribution in [0.3, 0.4) is 0 Å². The third kappa shape index (κ3) is 2.98. The fourth-order valence-corrected chi connectivity index (χ4v) is 3.65.